The minimum absolute atomic E-state index is 0.0125. The zero-order valence-electron chi connectivity index (χ0n) is 20.2. The SMILES string of the molecule is C=CC(=O)N1CC2(CCN(c3nc4c(c(-c5cc(O)cc6ccccc56)c3C#N)C3CCC4C3)C2)C1. The predicted molar refractivity (Wildman–Crippen MR) is 139 cm³/mol. The maximum absolute atomic E-state index is 12.0. The van der Waals surface area contributed by atoms with Crippen LogP contribution in [0.2, 0.25) is 0 Å². The fourth-order valence-electron chi connectivity index (χ4n) is 7.36. The third-order valence-electron chi connectivity index (χ3n) is 8.98. The highest BCUT2D eigenvalue weighted by Gasteiger charge is 2.50. The molecule has 1 saturated carbocycles. The minimum atomic E-state index is -0.0125. The summed E-state index contributed by atoms with van der Waals surface area (Å²) in [6.45, 7) is 6.70. The smallest absolute Gasteiger partial charge is 0.245 e. The molecule has 1 N–H and O–H groups in total. The van der Waals surface area contributed by atoms with Gasteiger partial charge in [0.1, 0.15) is 23.2 Å². The van der Waals surface area contributed by atoms with Crippen molar-refractivity contribution >= 4 is 22.5 Å². The molecule has 1 aromatic heterocycles. The van der Waals surface area contributed by atoms with E-state index in [1.54, 1.807) is 6.07 Å². The Labute approximate surface area is 210 Å². The van der Waals surface area contributed by atoms with Crippen molar-refractivity contribution in [2.75, 3.05) is 31.1 Å². The first kappa shape index (κ1) is 21.4. The van der Waals surface area contributed by atoms with Gasteiger partial charge >= 0.3 is 0 Å². The Bertz CT molecular complexity index is 1500. The van der Waals surface area contributed by atoms with Gasteiger partial charge in [-0.3, -0.25) is 4.79 Å². The van der Waals surface area contributed by atoms with Crippen LogP contribution in [0.1, 0.15) is 54.3 Å². The van der Waals surface area contributed by atoms with Gasteiger partial charge in [-0.25, -0.2) is 4.98 Å². The van der Waals surface area contributed by atoms with Gasteiger partial charge in [0, 0.05) is 43.1 Å². The van der Waals surface area contributed by atoms with Crippen molar-refractivity contribution < 1.29 is 9.90 Å². The second-order valence-electron chi connectivity index (χ2n) is 11.1. The highest BCUT2D eigenvalue weighted by molar-refractivity contribution is 6.01. The molecule has 6 heteroatoms. The topological polar surface area (TPSA) is 80.5 Å². The number of benzene rings is 2. The number of pyridine rings is 1. The number of anilines is 1. The number of hydrogen-bond acceptors (Lipinski definition) is 5. The zero-order chi connectivity index (χ0) is 24.6. The summed E-state index contributed by atoms with van der Waals surface area (Å²) < 4.78 is 0. The number of phenolic OH excluding ortho intramolecular Hbond substituents is 1. The standard InChI is InChI=1S/C30H28N4O2/c1-2-25(36)34-16-30(17-34)9-10-33(15-30)29-24(14-31)27(26-19-7-8-20(11-19)28(26)32-29)23-13-21(35)12-18-5-3-4-6-22(18)23/h2-6,12-13,19-20,35H,1,7-11,15-17H2. The maximum Gasteiger partial charge on any atom is 0.245 e. The number of likely N-dealkylation sites (tertiary alicyclic amines) is 1. The number of aromatic hydroxyl groups is 1. The van der Waals surface area contributed by atoms with E-state index in [1.807, 2.05) is 29.2 Å². The molecule has 2 bridgehead atoms. The van der Waals surface area contributed by atoms with Crippen LogP contribution in [-0.4, -0.2) is 47.1 Å². The van der Waals surface area contributed by atoms with Crippen molar-refractivity contribution in [3.8, 4) is 22.9 Å². The normalized spacial score (nSPS) is 23.1. The Hall–Kier alpha value is -3.85. The summed E-state index contributed by atoms with van der Waals surface area (Å²) in [4.78, 5) is 21.4. The molecule has 2 aliphatic heterocycles. The van der Waals surface area contributed by atoms with Crippen LogP contribution in [0.3, 0.4) is 0 Å². The van der Waals surface area contributed by atoms with Gasteiger partial charge in [0.25, 0.3) is 0 Å². The highest BCUT2D eigenvalue weighted by atomic mass is 16.3. The molecule has 1 spiro atoms. The van der Waals surface area contributed by atoms with Gasteiger partial charge < -0.3 is 14.9 Å². The fourth-order valence-corrected chi connectivity index (χ4v) is 7.36. The molecule has 2 aromatic carbocycles. The molecule has 36 heavy (non-hydrogen) atoms. The van der Waals surface area contributed by atoms with Gasteiger partial charge in [-0.15, -0.1) is 0 Å². The molecule has 3 aromatic rings. The van der Waals surface area contributed by atoms with Crippen LogP contribution in [0.4, 0.5) is 5.82 Å². The third kappa shape index (κ3) is 2.95. The van der Waals surface area contributed by atoms with Crippen molar-refractivity contribution in [1.29, 1.82) is 5.26 Å². The predicted octanol–water partition coefficient (Wildman–Crippen LogP) is 5.07. The lowest BCUT2D eigenvalue weighted by molar-refractivity contribution is -0.136. The number of phenols is 1. The van der Waals surface area contributed by atoms with Crippen molar-refractivity contribution in [3.63, 3.8) is 0 Å². The van der Waals surface area contributed by atoms with Gasteiger partial charge in [0.05, 0.1) is 5.69 Å². The van der Waals surface area contributed by atoms with E-state index in [1.165, 1.54) is 11.6 Å². The molecule has 3 heterocycles. The molecule has 6 nitrogen and oxygen atoms in total. The average Bonchev–Trinajstić information content (AvgIpc) is 3.61. The van der Waals surface area contributed by atoms with Crippen molar-refractivity contribution in [3.05, 3.63) is 65.9 Å². The largest absolute Gasteiger partial charge is 0.508 e. The van der Waals surface area contributed by atoms with Crippen molar-refractivity contribution in [2.45, 2.75) is 37.5 Å². The molecule has 1 amide bonds. The van der Waals surface area contributed by atoms with Crippen molar-refractivity contribution in [2.24, 2.45) is 5.41 Å². The summed E-state index contributed by atoms with van der Waals surface area (Å²) in [7, 11) is 0. The van der Waals surface area contributed by atoms with Crippen LogP contribution >= 0.6 is 0 Å². The number of aromatic nitrogens is 1. The van der Waals surface area contributed by atoms with Gasteiger partial charge in [-0.2, -0.15) is 5.26 Å². The summed E-state index contributed by atoms with van der Waals surface area (Å²) in [5.41, 5.74) is 4.95. The number of amides is 1. The van der Waals surface area contributed by atoms with E-state index in [4.69, 9.17) is 4.98 Å². The first-order valence-electron chi connectivity index (χ1n) is 12.9. The first-order valence-corrected chi connectivity index (χ1v) is 12.9. The average molecular weight is 477 g/mol. The van der Waals surface area contributed by atoms with Crippen LogP contribution < -0.4 is 4.90 Å². The lowest BCUT2D eigenvalue weighted by Gasteiger charge is -2.47. The monoisotopic (exact) mass is 476 g/mol. The molecule has 2 atom stereocenters. The zero-order valence-corrected chi connectivity index (χ0v) is 20.2. The Morgan fingerprint density at radius 3 is 2.81 bits per heavy atom. The molecule has 2 saturated heterocycles. The van der Waals surface area contributed by atoms with E-state index < -0.39 is 0 Å². The number of carbonyl (C=O) groups is 1. The lowest BCUT2D eigenvalue weighted by atomic mass is 9.79. The van der Waals surface area contributed by atoms with E-state index >= 15 is 0 Å². The van der Waals surface area contributed by atoms with Crippen LogP contribution in [0, 0.1) is 16.7 Å². The third-order valence-corrected chi connectivity index (χ3v) is 8.98. The number of carbonyl (C=O) groups excluding carboxylic acids is 1. The van der Waals surface area contributed by atoms with E-state index in [-0.39, 0.29) is 17.1 Å². The fraction of sp³-hybridized carbons (Fsp3) is 0.367. The van der Waals surface area contributed by atoms with Crippen LogP contribution in [0.5, 0.6) is 5.75 Å². The van der Waals surface area contributed by atoms with E-state index in [0.29, 0.717) is 17.4 Å². The van der Waals surface area contributed by atoms with E-state index in [0.717, 1.165) is 85.3 Å². The molecule has 4 aliphatic rings. The highest BCUT2D eigenvalue weighted by Crippen LogP contribution is 2.57. The Kier molecular flexibility index (Phi) is 4.51. The quantitative estimate of drug-likeness (QED) is 0.534. The molecule has 180 valence electrons. The molecular weight excluding hydrogens is 448 g/mol. The maximum atomic E-state index is 12.0. The summed E-state index contributed by atoms with van der Waals surface area (Å²) >= 11 is 0. The summed E-state index contributed by atoms with van der Waals surface area (Å²) in [6, 6.07) is 14.2. The van der Waals surface area contributed by atoms with Crippen molar-refractivity contribution in [1.82, 2.24) is 9.88 Å². The van der Waals surface area contributed by atoms with Gasteiger partial charge in [0.2, 0.25) is 5.91 Å². The van der Waals surface area contributed by atoms with E-state index in [2.05, 4.69) is 23.6 Å². The Morgan fingerprint density at radius 2 is 2.00 bits per heavy atom. The molecule has 2 unspecified atom stereocenters. The lowest BCUT2D eigenvalue weighted by Crippen LogP contribution is -2.59. The summed E-state index contributed by atoms with van der Waals surface area (Å²) in [5.74, 6) is 1.84. The number of nitrogens with zero attached hydrogens (tertiary/aromatic N) is 4. The first-order chi connectivity index (χ1) is 17.5. The van der Waals surface area contributed by atoms with Gasteiger partial charge in [0.15, 0.2) is 0 Å². The van der Waals surface area contributed by atoms with Crippen LogP contribution in [0.15, 0.2) is 49.1 Å². The second kappa shape index (κ2) is 7.57. The number of hydrogen-bond donors (Lipinski definition) is 1. The van der Waals surface area contributed by atoms with Gasteiger partial charge in [-0.1, -0.05) is 30.8 Å². The Balaban J connectivity index is 1.39. The van der Waals surface area contributed by atoms with Gasteiger partial charge in [-0.05, 0) is 71.7 Å². The molecule has 3 fully saturated rings. The summed E-state index contributed by atoms with van der Waals surface area (Å²) in [5, 5.41) is 23.2. The summed E-state index contributed by atoms with van der Waals surface area (Å²) in [6.07, 6.45) is 5.75. The number of fused-ring (bicyclic) bond motifs is 6. The van der Waals surface area contributed by atoms with E-state index in [9.17, 15) is 15.2 Å². The number of rotatable bonds is 3. The number of nitriles is 1. The molecule has 2 aliphatic carbocycles. The minimum Gasteiger partial charge on any atom is -0.508 e. The van der Waals surface area contributed by atoms with Crippen LogP contribution in [-0.2, 0) is 4.79 Å². The van der Waals surface area contributed by atoms with Crippen LogP contribution in [0.25, 0.3) is 21.9 Å². The second-order valence-corrected chi connectivity index (χ2v) is 11.1. The molecule has 7 rings (SSSR count). The Morgan fingerprint density at radius 1 is 1.19 bits per heavy atom. The molecule has 0 radical (unpaired) electrons. The molecular formula is C30H28N4O2.